The van der Waals surface area contributed by atoms with Crippen LogP contribution in [0.1, 0.15) is 268 Å². The molecule has 0 aromatic heterocycles. The summed E-state index contributed by atoms with van der Waals surface area (Å²) in [6, 6.07) is 0. The second-order valence-corrected chi connectivity index (χ2v) is 20.0. The Labute approximate surface area is 540 Å². The summed E-state index contributed by atoms with van der Waals surface area (Å²) in [5.41, 5.74) is 0. The Morgan fingerprint density at radius 2 is 0.674 bits per heavy atom. The number of rotatable bonds is 51. The smallest absolute Gasteiger partial charge is 1.00 e. The Bertz CT molecular complexity index is 1560. The number of ether oxygens (including phenoxy) is 6. The van der Waals surface area contributed by atoms with Gasteiger partial charge in [-0.15, -0.1) is 10.1 Å². The Morgan fingerprint density at radius 1 is 0.419 bits per heavy atom. The summed E-state index contributed by atoms with van der Waals surface area (Å²) in [5.74, 6) is -3.83. The third kappa shape index (κ3) is 86.1. The molecule has 23 nitrogen and oxygen atoms in total. The number of hydrogen-bond donors (Lipinski definition) is 4. The van der Waals surface area contributed by atoms with Crippen molar-refractivity contribution in [3.8, 4) is 0 Å². The summed E-state index contributed by atoms with van der Waals surface area (Å²) in [6.07, 6.45) is 27.7. The van der Waals surface area contributed by atoms with E-state index in [4.69, 9.17) is 43.7 Å². The van der Waals surface area contributed by atoms with E-state index in [-0.39, 0.29) is 122 Å². The molecule has 0 fully saturated rings. The first kappa shape index (κ1) is 95.3. The van der Waals surface area contributed by atoms with E-state index in [0.717, 1.165) is 180 Å². The Hall–Kier alpha value is -4.36. The van der Waals surface area contributed by atoms with Crippen LogP contribution >= 0.6 is 0 Å². The Morgan fingerprint density at radius 3 is 0.907 bits per heavy atom. The molecule has 0 amide bonds. The van der Waals surface area contributed by atoms with Gasteiger partial charge in [-0.25, -0.2) is 0 Å². The zero-order chi connectivity index (χ0) is 64.3. The summed E-state index contributed by atoms with van der Waals surface area (Å²) in [4.78, 5) is 115. The van der Waals surface area contributed by atoms with E-state index in [1.165, 1.54) is 0 Å². The zero-order valence-electron chi connectivity index (χ0n) is 54.9. The maximum atomic E-state index is 11.6. The number of carboxylic acids is 1. The van der Waals surface area contributed by atoms with Crippen molar-refractivity contribution in [2.45, 2.75) is 278 Å². The molecule has 0 atom stereocenters. The maximum absolute atomic E-state index is 11.6. The molecule has 0 rings (SSSR count). The van der Waals surface area contributed by atoms with Gasteiger partial charge in [-0.1, -0.05) is 157 Å². The average Bonchev–Trinajstić information content (AvgIpc) is 3.51. The van der Waals surface area contributed by atoms with Crippen LogP contribution < -0.4 is 29.6 Å². The molecule has 497 valence electrons. The van der Waals surface area contributed by atoms with Gasteiger partial charge in [0.25, 0.3) is 5.09 Å². The molecule has 0 aromatic carbocycles. The van der Waals surface area contributed by atoms with Gasteiger partial charge in [-0.3, -0.25) is 43.2 Å². The number of ketones is 2. The van der Waals surface area contributed by atoms with Crippen LogP contribution in [-0.2, 0) is 76.4 Å². The van der Waals surface area contributed by atoms with Crippen LogP contribution in [0.3, 0.4) is 0 Å². The first-order chi connectivity index (χ1) is 40.3. The van der Waals surface area contributed by atoms with E-state index in [2.05, 4.69) is 53.3 Å². The number of Topliss-reactive ketones (excluding diaryl/α,β-unsaturated/α-hetero) is 2. The van der Waals surface area contributed by atoms with Crippen molar-refractivity contribution in [3.05, 3.63) is 17.0 Å². The van der Waals surface area contributed by atoms with E-state index < -0.39 is 54.2 Å². The fourth-order valence-corrected chi connectivity index (χ4v) is 6.68. The number of unbranched alkanes of at least 4 members (excludes halogenated alkanes) is 21. The monoisotopic (exact) mass is 1250 g/mol. The SMILES string of the molecule is CCCCCCC(=O)OCC(=O)COC(=O)CCCCCC.CCCCCCC(=O)OCC(COC(=O)CCCCCC)O[N+](=O)[O-].CCCCCCC(=O)OCC(O)COC(=O)CCCCCC.O=C(CO)CO.[B].[CH2+]CCCCCC(=O)O.[H-].[Na+]. The predicted molar refractivity (Wildman–Crippen MR) is 323 cm³/mol. The molecule has 0 unspecified atom stereocenters. The van der Waals surface area contributed by atoms with Crippen LogP contribution in [0.15, 0.2) is 0 Å². The largest absolute Gasteiger partial charge is 1.00 e. The molecule has 0 aliphatic heterocycles. The molecular weight excluding hydrogens is 1130 g/mol. The second-order valence-electron chi connectivity index (χ2n) is 20.0. The van der Waals surface area contributed by atoms with Gasteiger partial charge in [-0.05, 0) is 57.8 Å². The van der Waals surface area contributed by atoms with Crippen LogP contribution in [0.5, 0.6) is 0 Å². The number of aliphatic carboxylic acids is 1. The van der Waals surface area contributed by atoms with E-state index >= 15 is 0 Å². The molecule has 0 aliphatic rings. The second kappa shape index (κ2) is 76.7. The minimum absolute atomic E-state index is 0. The quantitative estimate of drug-likeness (QED) is 0.00862. The molecule has 0 saturated carbocycles. The number of carbonyl (C=O) groups excluding carboxylic acids is 8. The van der Waals surface area contributed by atoms with Crippen molar-refractivity contribution in [1.29, 1.82) is 0 Å². The number of esters is 6. The van der Waals surface area contributed by atoms with Gasteiger partial charge in [0.05, 0.1) is 13.3 Å². The van der Waals surface area contributed by atoms with Crippen molar-refractivity contribution in [2.75, 3.05) is 52.9 Å². The molecule has 25 heteroatoms. The fraction of sp³-hybridized carbons (Fsp3) is 0.836. The number of aliphatic hydroxyl groups excluding tert-OH is 3. The summed E-state index contributed by atoms with van der Waals surface area (Å²) < 4.78 is 29.5. The van der Waals surface area contributed by atoms with Crippen LogP contribution in [0.4, 0.5) is 0 Å². The Balaban J connectivity index is -0.000000158. The summed E-state index contributed by atoms with van der Waals surface area (Å²) in [6.45, 7) is 13.6. The standard InChI is InChI=1S/C17H31NO7.C17H32O5.C17H30O5.C7H12O2.C3H6O3.B.Na.H/c1-3-5-7-9-11-16(19)23-13-15(25-18(21)22)14-24-17(20)12-10-8-6-4-2;2*1-3-5-7-9-11-16(19)21-13-15(18)14-22-17(20)12-10-8-6-4-2;1-2-3-4-5-6-7(8)9;4-1-3(6)2-5;;;/h15H,3-14H2,1-2H3;15,18H,3-14H2,1-2H3;3-14H2,1-2H3;1-6H2;4-5H,1-2H2;;;/q;;;;;;+1;-1/p+1. The third-order valence-corrected chi connectivity index (χ3v) is 11.7. The van der Waals surface area contributed by atoms with Crippen LogP contribution in [0, 0.1) is 17.0 Å². The van der Waals surface area contributed by atoms with Gasteiger partial charge < -0.3 is 55.1 Å². The first-order valence-electron chi connectivity index (χ1n) is 31.0. The van der Waals surface area contributed by atoms with Crippen molar-refractivity contribution in [1.82, 2.24) is 0 Å². The Kier molecular flexibility index (Phi) is 85.0. The zero-order valence-corrected chi connectivity index (χ0v) is 55.9. The number of aliphatic hydroxyl groups is 3. The normalized spacial score (nSPS) is 9.99. The minimum Gasteiger partial charge on any atom is -1.00 e. The molecule has 86 heavy (non-hydrogen) atoms. The van der Waals surface area contributed by atoms with E-state index in [0.29, 0.717) is 32.1 Å². The molecule has 0 spiro atoms. The van der Waals surface area contributed by atoms with Gasteiger partial charge in [0, 0.05) is 53.4 Å². The van der Waals surface area contributed by atoms with Crippen LogP contribution in [0.25, 0.3) is 0 Å². The topological polar surface area (TPSA) is 342 Å². The molecule has 0 heterocycles. The molecule has 3 radical (unpaired) electrons. The van der Waals surface area contributed by atoms with E-state index in [9.17, 15) is 58.4 Å². The minimum atomic E-state index is -1.10. The molecule has 0 saturated heterocycles. The van der Waals surface area contributed by atoms with Crippen LogP contribution in [0.2, 0.25) is 0 Å². The molecule has 0 aliphatic carbocycles. The van der Waals surface area contributed by atoms with Gasteiger partial charge in [0.2, 0.25) is 5.78 Å². The first-order valence-corrected chi connectivity index (χ1v) is 31.0. The summed E-state index contributed by atoms with van der Waals surface area (Å²) in [5, 5.41) is 43.0. The fourth-order valence-electron chi connectivity index (χ4n) is 6.68. The summed E-state index contributed by atoms with van der Waals surface area (Å²) in [7, 11) is 0. The number of nitrogens with zero attached hydrogens (tertiary/aromatic N) is 1. The molecule has 0 aromatic rings. The number of hydrogen-bond acceptors (Lipinski definition) is 21. The maximum Gasteiger partial charge on any atom is 1.00 e. The van der Waals surface area contributed by atoms with E-state index in [1.807, 2.05) is 0 Å². The van der Waals surface area contributed by atoms with Crippen molar-refractivity contribution < 1.29 is 133 Å². The van der Waals surface area contributed by atoms with Gasteiger partial charge >= 0.3 is 71.3 Å². The van der Waals surface area contributed by atoms with Crippen LogP contribution in [-0.4, -0.2) is 152 Å². The van der Waals surface area contributed by atoms with Crippen molar-refractivity contribution in [3.63, 3.8) is 0 Å². The van der Waals surface area contributed by atoms with Crippen molar-refractivity contribution in [2.24, 2.45) is 0 Å². The van der Waals surface area contributed by atoms with Gasteiger partial charge in [-0.2, -0.15) is 0 Å². The number of carbonyl (C=O) groups is 9. The molecule has 4 N–H and O–H groups in total. The third-order valence-electron chi connectivity index (χ3n) is 11.7. The average molecular weight is 1250 g/mol. The van der Waals surface area contributed by atoms with Gasteiger partial charge in [0.15, 0.2) is 25.1 Å². The van der Waals surface area contributed by atoms with Crippen molar-refractivity contribution >= 4 is 61.8 Å². The molecule has 0 bridgehead atoms. The molecular formula is C61H113BNNaO22+. The van der Waals surface area contributed by atoms with E-state index in [1.54, 1.807) is 0 Å². The predicted octanol–water partition coefficient (Wildman–Crippen LogP) is 7.68. The number of carboxylic acid groups (broad SMARTS) is 1. The summed E-state index contributed by atoms with van der Waals surface area (Å²) >= 11 is 0. The van der Waals surface area contributed by atoms with Gasteiger partial charge in [0.1, 0.15) is 45.7 Å².